The largest absolute Gasteiger partial charge is 0.358 e. The molecular formula is C19H21N3O. The highest BCUT2D eigenvalue weighted by Crippen LogP contribution is 2.22. The summed E-state index contributed by atoms with van der Waals surface area (Å²) in [6.07, 6.45) is 4.85. The number of likely N-dealkylation sites (N-methyl/N-ethyl adjacent to an activating group) is 1. The van der Waals surface area contributed by atoms with E-state index in [1.807, 2.05) is 49.2 Å². The maximum Gasteiger partial charge on any atom is 0.226 e. The fourth-order valence-electron chi connectivity index (χ4n) is 2.82. The number of carbonyl (C=O) groups excluding carboxylic acids is 1. The zero-order valence-corrected chi connectivity index (χ0v) is 13.5. The quantitative estimate of drug-likeness (QED) is 0.787. The van der Waals surface area contributed by atoms with Crippen LogP contribution in [0.25, 0.3) is 10.9 Å². The minimum atomic E-state index is 0.145. The second kappa shape index (κ2) is 6.65. The van der Waals surface area contributed by atoms with Crippen molar-refractivity contribution >= 4 is 16.8 Å². The zero-order chi connectivity index (χ0) is 16.2. The first-order valence-electron chi connectivity index (χ1n) is 7.84. The summed E-state index contributed by atoms with van der Waals surface area (Å²) in [7, 11) is 1.87. The number of amides is 1. The van der Waals surface area contributed by atoms with Crippen LogP contribution in [0.2, 0.25) is 0 Å². The number of hydrogen-bond donors (Lipinski definition) is 1. The van der Waals surface area contributed by atoms with Crippen molar-refractivity contribution in [1.29, 1.82) is 0 Å². The average Bonchev–Trinajstić information content (AvgIpc) is 2.89. The predicted octanol–water partition coefficient (Wildman–Crippen LogP) is 3.11. The molecule has 0 bridgehead atoms. The molecule has 0 radical (unpaired) electrons. The van der Waals surface area contributed by atoms with Crippen molar-refractivity contribution in [1.82, 2.24) is 14.9 Å². The molecule has 4 heteroatoms. The van der Waals surface area contributed by atoms with E-state index < -0.39 is 0 Å². The summed E-state index contributed by atoms with van der Waals surface area (Å²) in [4.78, 5) is 21.7. The molecule has 0 unspecified atom stereocenters. The van der Waals surface area contributed by atoms with Crippen LogP contribution in [0.3, 0.4) is 0 Å². The number of para-hydroxylation sites is 1. The van der Waals surface area contributed by atoms with Crippen molar-refractivity contribution in [3.63, 3.8) is 0 Å². The summed E-state index contributed by atoms with van der Waals surface area (Å²) in [5, 5.41) is 1.14. The smallest absolute Gasteiger partial charge is 0.226 e. The molecule has 0 aliphatic heterocycles. The first kappa shape index (κ1) is 15.3. The summed E-state index contributed by atoms with van der Waals surface area (Å²) in [5.74, 6) is 0.145. The number of fused-ring (bicyclic) bond motifs is 1. The fourth-order valence-corrected chi connectivity index (χ4v) is 2.82. The lowest BCUT2D eigenvalue weighted by atomic mass is 10.1. The molecule has 3 rings (SSSR count). The minimum absolute atomic E-state index is 0.145. The van der Waals surface area contributed by atoms with E-state index in [1.165, 1.54) is 5.56 Å². The summed E-state index contributed by atoms with van der Waals surface area (Å²) in [5.41, 5.74) is 4.46. The van der Waals surface area contributed by atoms with Crippen LogP contribution in [0.4, 0.5) is 0 Å². The number of H-pyrrole nitrogens is 1. The van der Waals surface area contributed by atoms with E-state index in [1.54, 1.807) is 12.4 Å². The van der Waals surface area contributed by atoms with Crippen molar-refractivity contribution < 1.29 is 4.79 Å². The van der Waals surface area contributed by atoms with Gasteiger partial charge in [-0.05, 0) is 42.7 Å². The third kappa shape index (κ3) is 3.42. The lowest BCUT2D eigenvalue weighted by Crippen LogP contribution is -2.30. The SMILES string of the molecule is Cc1[nH]c2ccccc2c1CC(=O)N(C)CCc1ccncc1. The Balaban J connectivity index is 1.67. The Morgan fingerprint density at radius 3 is 2.70 bits per heavy atom. The van der Waals surface area contributed by atoms with Gasteiger partial charge in [0.25, 0.3) is 0 Å². The van der Waals surface area contributed by atoms with E-state index in [9.17, 15) is 4.79 Å². The van der Waals surface area contributed by atoms with Crippen LogP contribution in [-0.2, 0) is 17.6 Å². The Morgan fingerprint density at radius 1 is 1.17 bits per heavy atom. The number of nitrogens with zero attached hydrogens (tertiary/aromatic N) is 2. The molecule has 2 heterocycles. The number of rotatable bonds is 5. The molecule has 3 aromatic rings. The molecule has 0 aliphatic carbocycles. The highest BCUT2D eigenvalue weighted by molar-refractivity contribution is 5.90. The molecule has 1 N–H and O–H groups in total. The molecule has 2 aromatic heterocycles. The van der Waals surface area contributed by atoms with E-state index >= 15 is 0 Å². The summed E-state index contributed by atoms with van der Waals surface area (Å²) in [6.45, 7) is 2.74. The highest BCUT2D eigenvalue weighted by atomic mass is 16.2. The third-order valence-electron chi connectivity index (χ3n) is 4.27. The maximum absolute atomic E-state index is 12.5. The maximum atomic E-state index is 12.5. The summed E-state index contributed by atoms with van der Waals surface area (Å²) >= 11 is 0. The monoisotopic (exact) mass is 307 g/mol. The molecule has 4 nitrogen and oxygen atoms in total. The van der Waals surface area contributed by atoms with E-state index in [-0.39, 0.29) is 5.91 Å². The van der Waals surface area contributed by atoms with Gasteiger partial charge in [-0.1, -0.05) is 18.2 Å². The molecule has 0 spiro atoms. The normalized spacial score (nSPS) is 10.9. The van der Waals surface area contributed by atoms with Gasteiger partial charge in [0.1, 0.15) is 0 Å². The summed E-state index contributed by atoms with van der Waals surface area (Å²) in [6, 6.07) is 12.1. The highest BCUT2D eigenvalue weighted by Gasteiger charge is 2.15. The van der Waals surface area contributed by atoms with Gasteiger partial charge in [0, 0.05) is 42.6 Å². The molecule has 0 fully saturated rings. The lowest BCUT2D eigenvalue weighted by molar-refractivity contribution is -0.129. The topological polar surface area (TPSA) is 49.0 Å². The van der Waals surface area contributed by atoms with Gasteiger partial charge in [0.05, 0.1) is 6.42 Å². The number of aromatic amines is 1. The van der Waals surface area contributed by atoms with E-state index in [4.69, 9.17) is 0 Å². The molecule has 0 saturated heterocycles. The minimum Gasteiger partial charge on any atom is -0.358 e. The van der Waals surface area contributed by atoms with Gasteiger partial charge in [-0.3, -0.25) is 9.78 Å². The first-order chi connectivity index (χ1) is 11.1. The van der Waals surface area contributed by atoms with Crippen molar-refractivity contribution in [3.05, 3.63) is 65.6 Å². The van der Waals surface area contributed by atoms with Crippen molar-refractivity contribution in [2.45, 2.75) is 19.8 Å². The molecular weight excluding hydrogens is 286 g/mol. The van der Waals surface area contributed by atoms with Crippen LogP contribution in [0, 0.1) is 6.92 Å². The van der Waals surface area contributed by atoms with Gasteiger partial charge in [-0.15, -0.1) is 0 Å². The van der Waals surface area contributed by atoms with Crippen molar-refractivity contribution in [2.24, 2.45) is 0 Å². The number of nitrogens with one attached hydrogen (secondary N) is 1. The summed E-state index contributed by atoms with van der Waals surface area (Å²) < 4.78 is 0. The Kier molecular flexibility index (Phi) is 4.42. The first-order valence-corrected chi connectivity index (χ1v) is 7.84. The zero-order valence-electron chi connectivity index (χ0n) is 13.5. The number of benzene rings is 1. The van der Waals surface area contributed by atoms with Crippen LogP contribution >= 0.6 is 0 Å². The molecule has 1 aromatic carbocycles. The van der Waals surface area contributed by atoms with Gasteiger partial charge in [0.2, 0.25) is 5.91 Å². The van der Waals surface area contributed by atoms with Crippen LogP contribution in [0.5, 0.6) is 0 Å². The third-order valence-corrected chi connectivity index (χ3v) is 4.27. The van der Waals surface area contributed by atoms with Crippen LogP contribution in [0.1, 0.15) is 16.8 Å². The van der Waals surface area contributed by atoms with Crippen LogP contribution in [-0.4, -0.2) is 34.4 Å². The molecule has 0 aliphatic rings. The molecule has 23 heavy (non-hydrogen) atoms. The van der Waals surface area contributed by atoms with Crippen LogP contribution < -0.4 is 0 Å². The fraction of sp³-hybridized carbons (Fsp3) is 0.263. The second-order valence-electron chi connectivity index (χ2n) is 5.87. The van der Waals surface area contributed by atoms with E-state index in [0.717, 1.165) is 28.6 Å². The second-order valence-corrected chi connectivity index (χ2v) is 5.87. The van der Waals surface area contributed by atoms with Gasteiger partial charge in [-0.2, -0.15) is 0 Å². The number of aryl methyl sites for hydroxylation is 1. The molecule has 0 saturated carbocycles. The molecule has 0 atom stereocenters. The standard InChI is InChI=1S/C19H21N3O/c1-14-17(16-5-3-4-6-18(16)21-14)13-19(23)22(2)12-9-15-7-10-20-11-8-15/h3-8,10-11,21H,9,12-13H2,1-2H3. The van der Waals surface area contributed by atoms with Crippen molar-refractivity contribution in [2.75, 3.05) is 13.6 Å². The van der Waals surface area contributed by atoms with E-state index in [0.29, 0.717) is 13.0 Å². The number of hydrogen-bond acceptors (Lipinski definition) is 2. The number of aromatic nitrogens is 2. The van der Waals surface area contributed by atoms with Gasteiger partial charge in [-0.25, -0.2) is 0 Å². The van der Waals surface area contributed by atoms with Gasteiger partial charge >= 0.3 is 0 Å². The van der Waals surface area contributed by atoms with Crippen molar-refractivity contribution in [3.8, 4) is 0 Å². The Labute approximate surface area is 136 Å². The van der Waals surface area contributed by atoms with E-state index in [2.05, 4.69) is 16.0 Å². The van der Waals surface area contributed by atoms with Gasteiger partial charge < -0.3 is 9.88 Å². The Hall–Kier alpha value is -2.62. The predicted molar refractivity (Wildman–Crippen MR) is 92.3 cm³/mol. The lowest BCUT2D eigenvalue weighted by Gasteiger charge is -2.17. The van der Waals surface area contributed by atoms with Gasteiger partial charge in [0.15, 0.2) is 0 Å². The molecule has 1 amide bonds. The van der Waals surface area contributed by atoms with Crippen LogP contribution in [0.15, 0.2) is 48.8 Å². The Bertz CT molecular complexity index is 808. The number of carbonyl (C=O) groups is 1. The molecule has 118 valence electrons. The Morgan fingerprint density at radius 2 is 1.91 bits per heavy atom. The average molecular weight is 307 g/mol. The number of pyridine rings is 1.